The number of nitrogens with one attached hydrogen (secondary N) is 2. The van der Waals surface area contributed by atoms with Gasteiger partial charge in [0.2, 0.25) is 5.91 Å². The lowest BCUT2D eigenvalue weighted by Gasteiger charge is -2.28. The maximum absolute atomic E-state index is 13.6. The molecule has 0 bridgehead atoms. The van der Waals surface area contributed by atoms with Crippen LogP contribution < -0.4 is 10.6 Å². The number of carbonyl (C=O) groups excluding carboxylic acids is 3. The summed E-state index contributed by atoms with van der Waals surface area (Å²) in [6.45, 7) is 1.33. The Hall–Kier alpha value is -3.35. The molecule has 4 amide bonds. The maximum atomic E-state index is 13.6. The third-order valence-electron chi connectivity index (χ3n) is 5.63. The summed E-state index contributed by atoms with van der Waals surface area (Å²) >= 11 is 12.2. The number of hydrogen-bond acceptors (Lipinski definition) is 3. The Labute approximate surface area is 201 Å². The standard InChI is InChI=1S/C25H21Cl2N3O3/c1-16(20-13-12-19(26)14-21(20)27)28-22(31)15-30-23(32)25(29-24(30)33,17-8-4-2-5-9-17)18-10-6-3-7-11-18/h2-14,16H,15H2,1H3,(H,28,31)(H,29,33)/t16-/m1/s1. The summed E-state index contributed by atoms with van der Waals surface area (Å²) < 4.78 is 0. The van der Waals surface area contributed by atoms with Crippen molar-refractivity contribution in [1.29, 1.82) is 0 Å². The average molecular weight is 482 g/mol. The molecule has 3 aromatic carbocycles. The minimum Gasteiger partial charge on any atom is -0.348 e. The molecule has 0 aliphatic carbocycles. The smallest absolute Gasteiger partial charge is 0.326 e. The fourth-order valence-corrected chi connectivity index (χ4v) is 4.59. The van der Waals surface area contributed by atoms with E-state index in [1.54, 1.807) is 73.7 Å². The molecule has 0 radical (unpaired) electrons. The van der Waals surface area contributed by atoms with Crippen LogP contribution in [-0.4, -0.2) is 29.3 Å². The second kappa shape index (κ2) is 9.25. The van der Waals surface area contributed by atoms with Crippen LogP contribution in [0.25, 0.3) is 0 Å². The molecule has 0 saturated carbocycles. The second-order valence-corrected chi connectivity index (χ2v) is 8.60. The fraction of sp³-hybridized carbons (Fsp3) is 0.160. The summed E-state index contributed by atoms with van der Waals surface area (Å²) in [5.41, 5.74) is 0.484. The Morgan fingerprint density at radius 1 is 0.970 bits per heavy atom. The van der Waals surface area contributed by atoms with Crippen LogP contribution in [-0.2, 0) is 15.1 Å². The number of imide groups is 1. The number of halogens is 2. The van der Waals surface area contributed by atoms with E-state index in [4.69, 9.17) is 23.2 Å². The topological polar surface area (TPSA) is 78.5 Å². The van der Waals surface area contributed by atoms with Gasteiger partial charge in [-0.05, 0) is 35.7 Å². The first kappa shape index (κ1) is 22.8. The third-order valence-corrected chi connectivity index (χ3v) is 6.19. The molecule has 4 rings (SSSR count). The molecule has 1 atom stereocenters. The van der Waals surface area contributed by atoms with Crippen molar-refractivity contribution in [3.8, 4) is 0 Å². The molecule has 1 fully saturated rings. The number of hydrogen-bond donors (Lipinski definition) is 2. The van der Waals surface area contributed by atoms with Crippen LogP contribution in [0.3, 0.4) is 0 Å². The van der Waals surface area contributed by atoms with E-state index in [0.29, 0.717) is 26.7 Å². The fourth-order valence-electron chi connectivity index (χ4n) is 4.02. The van der Waals surface area contributed by atoms with E-state index < -0.39 is 36.0 Å². The number of amides is 4. The zero-order valence-corrected chi connectivity index (χ0v) is 19.2. The predicted octanol–water partition coefficient (Wildman–Crippen LogP) is 4.67. The Morgan fingerprint density at radius 2 is 1.55 bits per heavy atom. The lowest BCUT2D eigenvalue weighted by molar-refractivity contribution is -0.134. The Morgan fingerprint density at radius 3 is 2.09 bits per heavy atom. The molecule has 168 valence electrons. The molecule has 33 heavy (non-hydrogen) atoms. The highest BCUT2D eigenvalue weighted by Crippen LogP contribution is 2.36. The molecule has 1 aliphatic rings. The summed E-state index contributed by atoms with van der Waals surface area (Å²) in [4.78, 5) is 40.3. The van der Waals surface area contributed by atoms with E-state index in [1.807, 2.05) is 12.1 Å². The van der Waals surface area contributed by atoms with Gasteiger partial charge in [0.05, 0.1) is 6.04 Å². The van der Waals surface area contributed by atoms with Gasteiger partial charge >= 0.3 is 6.03 Å². The molecule has 6 nitrogen and oxygen atoms in total. The number of rotatable bonds is 6. The van der Waals surface area contributed by atoms with Gasteiger partial charge in [-0.25, -0.2) is 4.79 Å². The maximum Gasteiger partial charge on any atom is 0.326 e. The quantitative estimate of drug-likeness (QED) is 0.502. The third kappa shape index (κ3) is 4.32. The summed E-state index contributed by atoms with van der Waals surface area (Å²) in [5.74, 6) is -1.01. The number of carbonyl (C=O) groups is 3. The van der Waals surface area contributed by atoms with E-state index >= 15 is 0 Å². The Kier molecular flexibility index (Phi) is 6.40. The van der Waals surface area contributed by atoms with Crippen molar-refractivity contribution in [2.75, 3.05) is 6.54 Å². The van der Waals surface area contributed by atoms with E-state index in [9.17, 15) is 14.4 Å². The first-order chi connectivity index (χ1) is 15.8. The van der Waals surface area contributed by atoms with Gasteiger partial charge in [-0.1, -0.05) is 89.9 Å². The normalized spacial score (nSPS) is 15.8. The second-order valence-electron chi connectivity index (χ2n) is 7.76. The summed E-state index contributed by atoms with van der Waals surface area (Å²) in [5, 5.41) is 6.52. The summed E-state index contributed by atoms with van der Waals surface area (Å²) in [6.07, 6.45) is 0. The Balaban J connectivity index is 1.59. The number of urea groups is 1. The molecular formula is C25H21Cl2N3O3. The van der Waals surface area contributed by atoms with Crippen LogP contribution in [0.2, 0.25) is 10.0 Å². The van der Waals surface area contributed by atoms with Gasteiger partial charge in [0.1, 0.15) is 6.54 Å². The number of nitrogens with zero attached hydrogens (tertiary/aromatic N) is 1. The summed E-state index contributed by atoms with van der Waals surface area (Å²) in [7, 11) is 0. The molecule has 1 aliphatic heterocycles. The largest absolute Gasteiger partial charge is 0.348 e. The molecule has 2 N–H and O–H groups in total. The highest BCUT2D eigenvalue weighted by Gasteiger charge is 2.54. The highest BCUT2D eigenvalue weighted by molar-refractivity contribution is 6.35. The molecule has 3 aromatic rings. The van der Waals surface area contributed by atoms with E-state index in [-0.39, 0.29) is 0 Å². The molecule has 8 heteroatoms. The lowest BCUT2D eigenvalue weighted by atomic mass is 9.82. The van der Waals surface area contributed by atoms with E-state index in [0.717, 1.165) is 4.90 Å². The minimum absolute atomic E-state index is 0.414. The molecule has 0 unspecified atom stereocenters. The van der Waals surface area contributed by atoms with Crippen molar-refractivity contribution >= 4 is 41.0 Å². The lowest BCUT2D eigenvalue weighted by Crippen LogP contribution is -2.46. The molecule has 1 saturated heterocycles. The van der Waals surface area contributed by atoms with Gasteiger partial charge in [0.15, 0.2) is 5.54 Å². The van der Waals surface area contributed by atoms with Gasteiger partial charge in [-0.15, -0.1) is 0 Å². The van der Waals surface area contributed by atoms with Crippen molar-refractivity contribution in [2.45, 2.75) is 18.5 Å². The van der Waals surface area contributed by atoms with Crippen molar-refractivity contribution in [1.82, 2.24) is 15.5 Å². The first-order valence-corrected chi connectivity index (χ1v) is 11.1. The van der Waals surface area contributed by atoms with Gasteiger partial charge in [0, 0.05) is 10.0 Å². The van der Waals surface area contributed by atoms with Crippen molar-refractivity contribution in [3.05, 3.63) is 106 Å². The van der Waals surface area contributed by atoms with Crippen molar-refractivity contribution in [3.63, 3.8) is 0 Å². The molecular weight excluding hydrogens is 461 g/mol. The van der Waals surface area contributed by atoms with Gasteiger partial charge in [-0.3, -0.25) is 14.5 Å². The SMILES string of the molecule is C[C@@H](NC(=O)CN1C(=O)NC(c2ccccc2)(c2ccccc2)C1=O)c1ccc(Cl)cc1Cl. The van der Waals surface area contributed by atoms with E-state index in [2.05, 4.69) is 10.6 Å². The minimum atomic E-state index is -1.41. The van der Waals surface area contributed by atoms with Crippen LogP contribution >= 0.6 is 23.2 Å². The molecule has 0 spiro atoms. The summed E-state index contributed by atoms with van der Waals surface area (Å²) in [6, 6.07) is 21.9. The molecule has 0 aromatic heterocycles. The monoisotopic (exact) mass is 481 g/mol. The van der Waals surface area contributed by atoms with Crippen LogP contribution in [0.1, 0.15) is 29.7 Å². The van der Waals surface area contributed by atoms with Gasteiger partial charge in [0.25, 0.3) is 5.91 Å². The van der Waals surface area contributed by atoms with Crippen LogP contribution in [0.5, 0.6) is 0 Å². The highest BCUT2D eigenvalue weighted by atomic mass is 35.5. The zero-order chi connectivity index (χ0) is 23.6. The van der Waals surface area contributed by atoms with Crippen molar-refractivity contribution < 1.29 is 14.4 Å². The Bertz CT molecular complexity index is 1160. The van der Waals surface area contributed by atoms with Crippen LogP contribution in [0.4, 0.5) is 4.79 Å². The van der Waals surface area contributed by atoms with E-state index in [1.165, 1.54) is 0 Å². The van der Waals surface area contributed by atoms with Crippen LogP contribution in [0.15, 0.2) is 78.9 Å². The first-order valence-electron chi connectivity index (χ1n) is 10.3. The molecule has 1 heterocycles. The zero-order valence-electron chi connectivity index (χ0n) is 17.7. The van der Waals surface area contributed by atoms with Crippen LogP contribution in [0, 0.1) is 0 Å². The van der Waals surface area contributed by atoms with Gasteiger partial charge in [-0.2, -0.15) is 0 Å². The predicted molar refractivity (Wildman–Crippen MR) is 127 cm³/mol. The van der Waals surface area contributed by atoms with Gasteiger partial charge < -0.3 is 10.6 Å². The van der Waals surface area contributed by atoms with Crippen molar-refractivity contribution in [2.24, 2.45) is 0 Å². The number of benzene rings is 3. The average Bonchev–Trinajstić information content (AvgIpc) is 3.05.